The maximum Gasteiger partial charge on any atom is 0.234 e. The van der Waals surface area contributed by atoms with Gasteiger partial charge in [-0.3, -0.25) is 14.8 Å². The summed E-state index contributed by atoms with van der Waals surface area (Å²) in [5.74, 6) is -0.0555. The molecule has 7 heteroatoms. The minimum Gasteiger partial charge on any atom is -0.338 e. The average molecular weight is 311 g/mol. The van der Waals surface area contributed by atoms with Crippen molar-refractivity contribution in [2.75, 3.05) is 5.32 Å². The van der Waals surface area contributed by atoms with Crippen molar-refractivity contribution >= 4 is 11.8 Å². The molecule has 1 unspecified atom stereocenters. The minimum atomic E-state index is -0.277. The smallest absolute Gasteiger partial charge is 0.234 e. The Labute approximate surface area is 133 Å². The Morgan fingerprint density at radius 2 is 2.13 bits per heavy atom. The minimum absolute atomic E-state index is 0.153. The fourth-order valence-electron chi connectivity index (χ4n) is 2.24. The molecule has 0 bridgehead atoms. The lowest BCUT2D eigenvalue weighted by Crippen LogP contribution is -2.24. The highest BCUT2D eigenvalue weighted by atomic mass is 16.5. The predicted octanol–water partition coefficient (Wildman–Crippen LogP) is 2.52. The number of rotatable bonds is 5. The third kappa shape index (κ3) is 3.28. The van der Waals surface area contributed by atoms with E-state index in [1.807, 2.05) is 44.2 Å². The van der Waals surface area contributed by atoms with Gasteiger partial charge >= 0.3 is 0 Å². The number of anilines is 1. The zero-order chi connectivity index (χ0) is 16.2. The third-order valence-corrected chi connectivity index (χ3v) is 3.58. The second-order valence-corrected chi connectivity index (χ2v) is 5.36. The Balaban J connectivity index is 1.71. The molecule has 2 heterocycles. The van der Waals surface area contributed by atoms with Gasteiger partial charge in [0.15, 0.2) is 0 Å². The number of nitrogens with zero attached hydrogens (tertiary/aromatic N) is 4. The van der Waals surface area contributed by atoms with Crippen LogP contribution >= 0.6 is 0 Å². The number of hydrogen-bond donors (Lipinski definition) is 1. The number of benzene rings is 1. The fraction of sp³-hybridized carbons (Fsp3) is 0.250. The summed E-state index contributed by atoms with van der Waals surface area (Å²) in [6, 6.07) is 9.70. The zero-order valence-corrected chi connectivity index (χ0v) is 12.9. The molecule has 3 rings (SSSR count). The summed E-state index contributed by atoms with van der Waals surface area (Å²) >= 11 is 0. The molecule has 0 spiro atoms. The van der Waals surface area contributed by atoms with Crippen molar-refractivity contribution in [1.29, 1.82) is 0 Å². The van der Waals surface area contributed by atoms with E-state index in [2.05, 4.69) is 20.6 Å². The molecule has 0 saturated heterocycles. The van der Waals surface area contributed by atoms with Gasteiger partial charge in [-0.15, -0.1) is 0 Å². The number of amides is 1. The Bertz CT molecular complexity index is 780. The lowest BCUT2D eigenvalue weighted by molar-refractivity contribution is -0.119. The monoisotopic (exact) mass is 311 g/mol. The van der Waals surface area contributed by atoms with E-state index in [-0.39, 0.29) is 11.8 Å². The van der Waals surface area contributed by atoms with Crippen molar-refractivity contribution in [1.82, 2.24) is 19.9 Å². The van der Waals surface area contributed by atoms with Crippen molar-refractivity contribution in [3.05, 3.63) is 48.5 Å². The molecule has 2 aromatic heterocycles. The topological polar surface area (TPSA) is 85.8 Å². The first kappa shape index (κ1) is 15.0. The molecule has 0 aliphatic carbocycles. The molecular formula is C16H17N5O2. The summed E-state index contributed by atoms with van der Waals surface area (Å²) in [5.41, 5.74) is 2.48. The van der Waals surface area contributed by atoms with Gasteiger partial charge in [0, 0.05) is 11.1 Å². The van der Waals surface area contributed by atoms with Crippen LogP contribution < -0.4 is 5.32 Å². The molecule has 0 aliphatic heterocycles. The van der Waals surface area contributed by atoms with Gasteiger partial charge in [-0.1, -0.05) is 42.4 Å². The number of nitrogens with one attached hydrogen (secondary N) is 1. The maximum absolute atomic E-state index is 12.3. The molecule has 118 valence electrons. The number of hydrogen-bond acceptors (Lipinski definition) is 5. The normalized spacial score (nSPS) is 12.1. The number of carbonyl (C=O) groups excluding carboxylic acids is 1. The second kappa shape index (κ2) is 6.43. The van der Waals surface area contributed by atoms with Crippen molar-refractivity contribution in [2.45, 2.75) is 20.4 Å². The van der Waals surface area contributed by atoms with E-state index in [4.69, 9.17) is 4.52 Å². The first-order valence-corrected chi connectivity index (χ1v) is 7.30. The van der Waals surface area contributed by atoms with Crippen LogP contribution in [0.4, 0.5) is 5.88 Å². The molecule has 1 N–H and O–H groups in total. The van der Waals surface area contributed by atoms with E-state index in [1.54, 1.807) is 11.0 Å². The first-order valence-electron chi connectivity index (χ1n) is 7.30. The maximum atomic E-state index is 12.3. The van der Waals surface area contributed by atoms with Crippen LogP contribution in [0.2, 0.25) is 0 Å². The largest absolute Gasteiger partial charge is 0.338 e. The zero-order valence-electron chi connectivity index (χ0n) is 12.9. The molecule has 23 heavy (non-hydrogen) atoms. The van der Waals surface area contributed by atoms with Gasteiger partial charge in [-0.05, 0) is 6.92 Å². The van der Waals surface area contributed by atoms with Gasteiger partial charge < -0.3 is 4.52 Å². The van der Waals surface area contributed by atoms with Crippen LogP contribution in [0.5, 0.6) is 0 Å². The van der Waals surface area contributed by atoms with E-state index in [0.29, 0.717) is 12.4 Å². The van der Waals surface area contributed by atoms with Gasteiger partial charge in [0.25, 0.3) is 0 Å². The fourth-order valence-corrected chi connectivity index (χ4v) is 2.24. The lowest BCUT2D eigenvalue weighted by atomic mass is 10.1. The average Bonchev–Trinajstić information content (AvgIpc) is 3.19. The molecule has 1 atom stereocenters. The summed E-state index contributed by atoms with van der Waals surface area (Å²) in [5, 5.41) is 10.8. The van der Waals surface area contributed by atoms with E-state index in [1.165, 1.54) is 6.33 Å². The van der Waals surface area contributed by atoms with Crippen molar-refractivity contribution in [3.8, 4) is 11.3 Å². The lowest BCUT2D eigenvalue weighted by Gasteiger charge is -2.10. The molecule has 0 aliphatic rings. The summed E-state index contributed by atoms with van der Waals surface area (Å²) < 4.78 is 6.91. The van der Waals surface area contributed by atoms with Crippen molar-refractivity contribution in [2.24, 2.45) is 5.92 Å². The summed E-state index contributed by atoms with van der Waals surface area (Å²) in [6.45, 7) is 4.14. The molecule has 0 fully saturated rings. The summed E-state index contributed by atoms with van der Waals surface area (Å²) in [4.78, 5) is 16.1. The quantitative estimate of drug-likeness (QED) is 0.782. The highest BCUT2D eigenvalue weighted by Crippen LogP contribution is 2.27. The Hall–Kier alpha value is -2.96. The van der Waals surface area contributed by atoms with E-state index >= 15 is 0 Å². The molecule has 0 saturated carbocycles. The van der Waals surface area contributed by atoms with Gasteiger partial charge in [0.05, 0.1) is 12.5 Å². The summed E-state index contributed by atoms with van der Waals surface area (Å²) in [6.07, 6.45) is 3.02. The molecular weight excluding hydrogens is 294 g/mol. The summed E-state index contributed by atoms with van der Waals surface area (Å²) in [7, 11) is 0. The standard InChI is InChI=1S/C16H17N5O2/c1-11(8-21-10-17-9-18-21)15(22)19-16-12(2)14(20-23-16)13-6-4-3-5-7-13/h3-7,9-11H,8H2,1-2H3,(H,19,22). The second-order valence-electron chi connectivity index (χ2n) is 5.36. The van der Waals surface area contributed by atoms with Crippen LogP contribution in [0, 0.1) is 12.8 Å². The van der Waals surface area contributed by atoms with Gasteiger partial charge in [-0.2, -0.15) is 5.10 Å². The third-order valence-electron chi connectivity index (χ3n) is 3.58. The Kier molecular flexibility index (Phi) is 4.18. The van der Waals surface area contributed by atoms with E-state index in [0.717, 1.165) is 16.8 Å². The van der Waals surface area contributed by atoms with Gasteiger partial charge in [0.2, 0.25) is 11.8 Å². The van der Waals surface area contributed by atoms with Crippen LogP contribution in [-0.4, -0.2) is 25.8 Å². The van der Waals surface area contributed by atoms with Gasteiger partial charge in [0.1, 0.15) is 18.3 Å². The number of carbonyl (C=O) groups is 1. The van der Waals surface area contributed by atoms with Crippen LogP contribution in [-0.2, 0) is 11.3 Å². The van der Waals surface area contributed by atoms with Crippen molar-refractivity contribution < 1.29 is 9.32 Å². The van der Waals surface area contributed by atoms with E-state index in [9.17, 15) is 4.79 Å². The van der Waals surface area contributed by atoms with Crippen LogP contribution in [0.25, 0.3) is 11.3 Å². The van der Waals surface area contributed by atoms with E-state index < -0.39 is 0 Å². The molecule has 7 nitrogen and oxygen atoms in total. The molecule has 1 amide bonds. The van der Waals surface area contributed by atoms with Crippen LogP contribution in [0.1, 0.15) is 12.5 Å². The predicted molar refractivity (Wildman–Crippen MR) is 84.5 cm³/mol. The first-order chi connectivity index (χ1) is 11.1. The highest BCUT2D eigenvalue weighted by molar-refractivity contribution is 5.92. The highest BCUT2D eigenvalue weighted by Gasteiger charge is 2.19. The van der Waals surface area contributed by atoms with Crippen molar-refractivity contribution in [3.63, 3.8) is 0 Å². The Morgan fingerprint density at radius 3 is 2.83 bits per heavy atom. The molecule has 0 radical (unpaired) electrons. The van der Waals surface area contributed by atoms with Crippen LogP contribution in [0.3, 0.4) is 0 Å². The van der Waals surface area contributed by atoms with Crippen LogP contribution in [0.15, 0.2) is 47.5 Å². The molecule has 3 aromatic rings. The number of aromatic nitrogens is 4. The van der Waals surface area contributed by atoms with Gasteiger partial charge in [-0.25, -0.2) is 4.98 Å². The molecule has 1 aromatic carbocycles. The SMILES string of the molecule is Cc1c(-c2ccccc2)noc1NC(=O)C(C)Cn1cncn1. The Morgan fingerprint density at radius 1 is 1.35 bits per heavy atom.